The van der Waals surface area contributed by atoms with E-state index in [1.165, 1.54) is 0 Å². The lowest BCUT2D eigenvalue weighted by molar-refractivity contribution is 0.475. The summed E-state index contributed by atoms with van der Waals surface area (Å²) in [5.74, 6) is 0.639. The number of benzene rings is 1. The van der Waals surface area contributed by atoms with Crippen LogP contribution >= 0.6 is 15.9 Å². The molecule has 0 aliphatic heterocycles. The molecule has 1 saturated carbocycles. The minimum atomic E-state index is -0.0434. The number of phenols is 1. The van der Waals surface area contributed by atoms with Gasteiger partial charge in [0, 0.05) is 17.1 Å². The zero-order chi connectivity index (χ0) is 18.3. The van der Waals surface area contributed by atoms with Gasteiger partial charge >= 0.3 is 0 Å². The first-order valence-corrected chi connectivity index (χ1v) is 9.47. The molecule has 1 fully saturated rings. The summed E-state index contributed by atoms with van der Waals surface area (Å²) < 4.78 is 2.37. The molecule has 6 nitrogen and oxygen atoms in total. The molecule has 0 bridgehead atoms. The van der Waals surface area contributed by atoms with Crippen LogP contribution in [0.3, 0.4) is 0 Å². The molecule has 0 atom stereocenters. The smallest absolute Gasteiger partial charge is 0.266 e. The first-order valence-electron chi connectivity index (χ1n) is 8.68. The molecule has 1 aliphatic carbocycles. The third-order valence-corrected chi connectivity index (χ3v) is 5.42. The van der Waals surface area contributed by atoms with Gasteiger partial charge in [0.15, 0.2) is 0 Å². The molecular formula is C19H19BrN4O2. The molecule has 0 radical (unpaired) electrons. The average Bonchev–Trinajstić information content (AvgIpc) is 3.13. The fourth-order valence-corrected chi connectivity index (χ4v) is 3.97. The van der Waals surface area contributed by atoms with E-state index in [2.05, 4.69) is 31.2 Å². The van der Waals surface area contributed by atoms with Gasteiger partial charge in [-0.25, -0.2) is 4.98 Å². The number of hydrogen-bond acceptors (Lipinski definition) is 5. The zero-order valence-corrected chi connectivity index (χ0v) is 16.0. The van der Waals surface area contributed by atoms with Gasteiger partial charge in [-0.2, -0.15) is 4.98 Å². The molecular weight excluding hydrogens is 396 g/mol. The molecule has 2 N–H and O–H groups in total. The molecule has 0 saturated heterocycles. The molecule has 4 rings (SSSR count). The zero-order valence-electron chi connectivity index (χ0n) is 14.4. The van der Waals surface area contributed by atoms with Crippen molar-refractivity contribution >= 4 is 38.6 Å². The van der Waals surface area contributed by atoms with Gasteiger partial charge in [0.1, 0.15) is 11.4 Å². The molecule has 1 aliphatic rings. The van der Waals surface area contributed by atoms with Crippen LogP contribution in [0.15, 0.2) is 39.6 Å². The Morgan fingerprint density at radius 3 is 2.58 bits per heavy atom. The van der Waals surface area contributed by atoms with E-state index in [0.717, 1.165) is 42.5 Å². The molecule has 0 unspecified atom stereocenters. The molecule has 1 aromatic carbocycles. The van der Waals surface area contributed by atoms with E-state index in [9.17, 15) is 9.90 Å². The standard InChI is InChI=1S/C19H19BrN4O2/c1-11-15-10-16(20)18(26)24(13-4-2-3-5-13)17(15)23-19(21-11)22-12-6-8-14(25)9-7-12/h6-10,13,25H,2-5H2,1H3,(H,21,22,23). The number of rotatable bonds is 3. The van der Waals surface area contributed by atoms with E-state index in [0.29, 0.717) is 16.1 Å². The van der Waals surface area contributed by atoms with E-state index in [-0.39, 0.29) is 17.4 Å². The van der Waals surface area contributed by atoms with Crippen LogP contribution in [0.2, 0.25) is 0 Å². The number of fused-ring (bicyclic) bond motifs is 1. The number of hydrogen-bond donors (Lipinski definition) is 2. The van der Waals surface area contributed by atoms with Crippen LogP contribution in [-0.2, 0) is 0 Å². The SMILES string of the molecule is Cc1nc(Nc2ccc(O)cc2)nc2c1cc(Br)c(=O)n2C1CCCC1. The largest absolute Gasteiger partial charge is 0.508 e. The predicted octanol–water partition coefficient (Wildman–Crippen LogP) is 4.43. The van der Waals surface area contributed by atoms with Crippen molar-refractivity contribution in [1.82, 2.24) is 14.5 Å². The molecule has 2 aromatic heterocycles. The number of nitrogens with zero attached hydrogens (tertiary/aromatic N) is 3. The first kappa shape index (κ1) is 17.0. The summed E-state index contributed by atoms with van der Waals surface area (Å²) in [7, 11) is 0. The van der Waals surface area contributed by atoms with Crippen LogP contribution in [-0.4, -0.2) is 19.6 Å². The van der Waals surface area contributed by atoms with E-state index in [1.54, 1.807) is 24.3 Å². The average molecular weight is 415 g/mol. The number of halogens is 1. The second-order valence-electron chi connectivity index (χ2n) is 6.65. The lowest BCUT2D eigenvalue weighted by atomic mass is 10.2. The van der Waals surface area contributed by atoms with Crippen LogP contribution < -0.4 is 10.9 Å². The number of pyridine rings is 1. The lowest BCUT2D eigenvalue weighted by Crippen LogP contribution is -2.25. The topological polar surface area (TPSA) is 80.0 Å². The Labute approximate surface area is 159 Å². The first-order chi connectivity index (χ1) is 12.5. The summed E-state index contributed by atoms with van der Waals surface area (Å²) in [5.41, 5.74) is 2.20. The molecule has 134 valence electrons. The third-order valence-electron chi connectivity index (χ3n) is 4.85. The van der Waals surface area contributed by atoms with E-state index in [4.69, 9.17) is 0 Å². The van der Waals surface area contributed by atoms with Crippen LogP contribution in [0.4, 0.5) is 11.6 Å². The Hall–Kier alpha value is -2.41. The maximum atomic E-state index is 12.8. The second kappa shape index (κ2) is 6.72. The summed E-state index contributed by atoms with van der Waals surface area (Å²) in [6.45, 7) is 1.92. The summed E-state index contributed by atoms with van der Waals surface area (Å²) in [4.78, 5) is 22.0. The highest BCUT2D eigenvalue weighted by Gasteiger charge is 2.23. The summed E-state index contributed by atoms with van der Waals surface area (Å²) in [6, 6.07) is 8.69. The van der Waals surface area contributed by atoms with Gasteiger partial charge in [-0.3, -0.25) is 9.36 Å². The summed E-state index contributed by atoms with van der Waals surface area (Å²) in [6.07, 6.45) is 4.26. The highest BCUT2D eigenvalue weighted by Crippen LogP contribution is 2.32. The van der Waals surface area contributed by atoms with Crippen LogP contribution in [0.25, 0.3) is 11.0 Å². The number of aromatic hydroxyl groups is 1. The van der Waals surface area contributed by atoms with Crippen LogP contribution in [0, 0.1) is 6.92 Å². The maximum absolute atomic E-state index is 12.8. The normalized spacial score (nSPS) is 14.8. The maximum Gasteiger partial charge on any atom is 0.266 e. The highest BCUT2D eigenvalue weighted by atomic mass is 79.9. The van der Waals surface area contributed by atoms with Gasteiger partial charge in [0.25, 0.3) is 5.56 Å². The Bertz CT molecular complexity index is 1020. The Kier molecular flexibility index (Phi) is 4.40. The molecule has 0 spiro atoms. The van der Waals surface area contributed by atoms with Gasteiger partial charge < -0.3 is 10.4 Å². The van der Waals surface area contributed by atoms with Crippen molar-refractivity contribution in [2.75, 3.05) is 5.32 Å². The van der Waals surface area contributed by atoms with Crippen molar-refractivity contribution in [3.63, 3.8) is 0 Å². The van der Waals surface area contributed by atoms with E-state index >= 15 is 0 Å². The predicted molar refractivity (Wildman–Crippen MR) is 105 cm³/mol. The third kappa shape index (κ3) is 3.07. The summed E-state index contributed by atoms with van der Waals surface area (Å²) >= 11 is 3.40. The molecule has 0 amide bonds. The second-order valence-corrected chi connectivity index (χ2v) is 7.50. The van der Waals surface area contributed by atoms with E-state index in [1.807, 2.05) is 17.6 Å². The number of phenolic OH excluding ortho intramolecular Hbond substituents is 1. The van der Waals surface area contributed by atoms with E-state index < -0.39 is 0 Å². The minimum Gasteiger partial charge on any atom is -0.508 e. The summed E-state index contributed by atoms with van der Waals surface area (Å²) in [5, 5.41) is 13.5. The van der Waals surface area contributed by atoms with Gasteiger partial charge in [0.2, 0.25) is 5.95 Å². The van der Waals surface area contributed by atoms with Crippen molar-refractivity contribution in [3.05, 3.63) is 50.9 Å². The minimum absolute atomic E-state index is 0.0434. The van der Waals surface area contributed by atoms with Crippen molar-refractivity contribution in [3.8, 4) is 5.75 Å². The van der Waals surface area contributed by atoms with Gasteiger partial charge in [-0.15, -0.1) is 0 Å². The number of anilines is 2. The number of aromatic nitrogens is 3. The lowest BCUT2D eigenvalue weighted by Gasteiger charge is -2.18. The Balaban J connectivity index is 1.86. The number of nitrogens with one attached hydrogen (secondary N) is 1. The molecule has 3 aromatic rings. The molecule has 7 heteroatoms. The Morgan fingerprint density at radius 2 is 1.88 bits per heavy atom. The van der Waals surface area contributed by atoms with Gasteiger partial charge in [-0.1, -0.05) is 12.8 Å². The monoisotopic (exact) mass is 414 g/mol. The van der Waals surface area contributed by atoms with Crippen LogP contribution in [0.5, 0.6) is 5.75 Å². The fourth-order valence-electron chi connectivity index (χ4n) is 3.55. The van der Waals surface area contributed by atoms with Crippen molar-refractivity contribution in [2.45, 2.75) is 38.6 Å². The van der Waals surface area contributed by atoms with Crippen molar-refractivity contribution in [1.29, 1.82) is 0 Å². The molecule has 2 heterocycles. The Morgan fingerprint density at radius 1 is 1.19 bits per heavy atom. The molecule has 26 heavy (non-hydrogen) atoms. The van der Waals surface area contributed by atoms with Gasteiger partial charge in [0.05, 0.1) is 10.2 Å². The quantitative estimate of drug-likeness (QED) is 0.619. The highest BCUT2D eigenvalue weighted by molar-refractivity contribution is 9.10. The van der Waals surface area contributed by atoms with Crippen molar-refractivity contribution < 1.29 is 5.11 Å². The van der Waals surface area contributed by atoms with Gasteiger partial charge in [-0.05, 0) is 66.0 Å². The fraction of sp³-hybridized carbons (Fsp3) is 0.316. The van der Waals surface area contributed by atoms with Crippen molar-refractivity contribution in [2.24, 2.45) is 0 Å². The number of aryl methyl sites for hydroxylation is 1. The van der Waals surface area contributed by atoms with Crippen LogP contribution in [0.1, 0.15) is 37.4 Å².